The van der Waals surface area contributed by atoms with Crippen molar-refractivity contribution in [1.82, 2.24) is 9.13 Å². The summed E-state index contributed by atoms with van der Waals surface area (Å²) in [6.07, 6.45) is 0. The van der Waals surface area contributed by atoms with Crippen molar-refractivity contribution in [3.63, 3.8) is 0 Å². The van der Waals surface area contributed by atoms with Crippen LogP contribution in [0.4, 0.5) is 17.1 Å². The molecule has 0 spiro atoms. The maximum atomic E-state index is 7.14. The molecule has 0 atom stereocenters. The van der Waals surface area contributed by atoms with Gasteiger partial charge >= 0.3 is 0 Å². The van der Waals surface area contributed by atoms with E-state index in [1.165, 1.54) is 16.3 Å². The minimum Gasteiger partial charge on any atom is -0.455 e. The Morgan fingerprint density at radius 1 is 0.327 bits per heavy atom. The first-order chi connectivity index (χ1) is 25.8. The van der Waals surface area contributed by atoms with E-state index in [4.69, 9.17) is 4.42 Å². The van der Waals surface area contributed by atoms with E-state index in [0.717, 1.165) is 77.7 Å². The van der Waals surface area contributed by atoms with Gasteiger partial charge in [0, 0.05) is 50.0 Å². The van der Waals surface area contributed by atoms with Gasteiger partial charge in [0.1, 0.15) is 11.2 Å². The molecule has 0 saturated heterocycles. The smallest absolute Gasteiger partial charge is 0.145 e. The predicted octanol–water partition coefficient (Wildman–Crippen LogP) is 13.2. The quantitative estimate of drug-likeness (QED) is 0.183. The molecule has 0 bridgehead atoms. The Hall–Kier alpha value is -7.04. The van der Waals surface area contributed by atoms with Gasteiger partial charge in [-0.25, -0.2) is 0 Å². The summed E-state index contributed by atoms with van der Waals surface area (Å²) in [4.78, 5) is 2.31. The molecule has 8 aromatic carbocycles. The number of aromatic nitrogens is 2. The van der Waals surface area contributed by atoms with Crippen molar-refractivity contribution < 1.29 is 4.42 Å². The Morgan fingerprint density at radius 3 is 1.33 bits per heavy atom. The summed E-state index contributed by atoms with van der Waals surface area (Å²) in [7, 11) is 0. The fourth-order valence-electron chi connectivity index (χ4n) is 8.30. The number of anilines is 3. The fourth-order valence-corrected chi connectivity index (χ4v) is 8.30. The number of furan rings is 1. The molecule has 0 saturated carbocycles. The minimum absolute atomic E-state index is 0.915. The number of benzene rings is 8. The molecule has 0 amide bonds. The lowest BCUT2D eigenvalue weighted by Crippen LogP contribution is -2.10. The second kappa shape index (κ2) is 11.2. The van der Waals surface area contributed by atoms with Crippen LogP contribution in [-0.2, 0) is 0 Å². The van der Waals surface area contributed by atoms with E-state index in [9.17, 15) is 0 Å². The second-order valence-electron chi connectivity index (χ2n) is 13.3. The molecule has 4 nitrogen and oxygen atoms in total. The third-order valence-corrected chi connectivity index (χ3v) is 10.5. The van der Waals surface area contributed by atoms with Gasteiger partial charge in [-0.05, 0) is 91.0 Å². The molecule has 11 rings (SSSR count). The van der Waals surface area contributed by atoms with E-state index in [2.05, 4.69) is 202 Å². The number of para-hydroxylation sites is 5. The van der Waals surface area contributed by atoms with Gasteiger partial charge in [-0.15, -0.1) is 0 Å². The summed E-state index contributed by atoms with van der Waals surface area (Å²) in [6.45, 7) is 0. The van der Waals surface area contributed by atoms with E-state index in [1.807, 2.05) is 0 Å². The Morgan fingerprint density at radius 2 is 0.769 bits per heavy atom. The third-order valence-electron chi connectivity index (χ3n) is 10.5. The Labute approximate surface area is 299 Å². The number of rotatable bonds is 5. The largest absolute Gasteiger partial charge is 0.455 e. The Bertz CT molecular complexity index is 3080. The van der Waals surface area contributed by atoms with E-state index in [-0.39, 0.29) is 0 Å². The highest BCUT2D eigenvalue weighted by atomic mass is 16.3. The van der Waals surface area contributed by atoms with Gasteiger partial charge in [-0.3, -0.25) is 0 Å². The van der Waals surface area contributed by atoms with Gasteiger partial charge in [0.15, 0.2) is 0 Å². The zero-order valence-corrected chi connectivity index (χ0v) is 28.1. The molecule has 52 heavy (non-hydrogen) atoms. The summed E-state index contributed by atoms with van der Waals surface area (Å²) in [6, 6.07) is 66.9. The first-order valence-electron chi connectivity index (χ1n) is 17.7. The molecule has 244 valence electrons. The fraction of sp³-hybridized carbons (Fsp3) is 0. The molecule has 4 heteroatoms. The molecular formula is C48H31N3O. The van der Waals surface area contributed by atoms with Crippen molar-refractivity contribution in [2.24, 2.45) is 0 Å². The number of hydrogen-bond acceptors (Lipinski definition) is 2. The maximum Gasteiger partial charge on any atom is 0.145 e. The van der Waals surface area contributed by atoms with Crippen LogP contribution in [-0.4, -0.2) is 9.13 Å². The van der Waals surface area contributed by atoms with Gasteiger partial charge in [0.05, 0.1) is 32.8 Å². The first-order valence-corrected chi connectivity index (χ1v) is 17.7. The number of hydrogen-bond donors (Lipinski definition) is 0. The summed E-state index contributed by atoms with van der Waals surface area (Å²) in [5, 5.41) is 6.86. The van der Waals surface area contributed by atoms with Crippen molar-refractivity contribution >= 4 is 82.6 Å². The van der Waals surface area contributed by atoms with Crippen LogP contribution in [0.2, 0.25) is 0 Å². The molecular weight excluding hydrogens is 635 g/mol. The van der Waals surface area contributed by atoms with E-state index >= 15 is 0 Å². The van der Waals surface area contributed by atoms with Crippen LogP contribution in [0.1, 0.15) is 0 Å². The molecule has 0 N–H and O–H groups in total. The van der Waals surface area contributed by atoms with Gasteiger partial charge in [-0.1, -0.05) is 97.1 Å². The van der Waals surface area contributed by atoms with Crippen molar-refractivity contribution in [1.29, 1.82) is 0 Å². The first kappa shape index (κ1) is 28.8. The van der Waals surface area contributed by atoms with Crippen molar-refractivity contribution in [2.75, 3.05) is 4.90 Å². The lowest BCUT2D eigenvalue weighted by molar-refractivity contribution is 0.677. The number of nitrogens with zero attached hydrogens (tertiary/aromatic N) is 3. The molecule has 0 fully saturated rings. The standard InChI is InChI=1S/C48H31N3O/c1-4-15-32(16-5-1)49(33-17-6-2-7-18-33)35-21-14-22-36(31-35)51-42-26-13-11-24-40(42)46-44(51)30-28-38-37-27-29-43-45(47(37)52-48(38)46)39-23-10-12-25-41(39)50(43)34-19-8-3-9-20-34/h1-31H. The van der Waals surface area contributed by atoms with Gasteiger partial charge in [0.2, 0.25) is 0 Å². The van der Waals surface area contributed by atoms with Crippen LogP contribution in [0.5, 0.6) is 0 Å². The highest BCUT2D eigenvalue weighted by Crippen LogP contribution is 2.45. The minimum atomic E-state index is 0.915. The van der Waals surface area contributed by atoms with Crippen LogP contribution in [0.3, 0.4) is 0 Å². The summed E-state index contributed by atoms with van der Waals surface area (Å²) < 4.78 is 11.9. The zero-order valence-electron chi connectivity index (χ0n) is 28.1. The maximum absolute atomic E-state index is 7.14. The molecule has 0 aliphatic heterocycles. The van der Waals surface area contributed by atoms with Crippen LogP contribution in [0, 0.1) is 0 Å². The van der Waals surface area contributed by atoms with Crippen LogP contribution >= 0.6 is 0 Å². The molecule has 0 aliphatic rings. The van der Waals surface area contributed by atoms with Crippen LogP contribution in [0.15, 0.2) is 192 Å². The van der Waals surface area contributed by atoms with Gasteiger partial charge in [-0.2, -0.15) is 0 Å². The monoisotopic (exact) mass is 665 g/mol. The lowest BCUT2D eigenvalue weighted by Gasteiger charge is -2.26. The summed E-state index contributed by atoms with van der Waals surface area (Å²) in [5.41, 5.74) is 11.9. The molecule has 0 aliphatic carbocycles. The second-order valence-corrected chi connectivity index (χ2v) is 13.3. The van der Waals surface area contributed by atoms with Gasteiger partial charge in [0.25, 0.3) is 0 Å². The predicted molar refractivity (Wildman–Crippen MR) is 217 cm³/mol. The summed E-state index contributed by atoms with van der Waals surface area (Å²) in [5.74, 6) is 0. The molecule has 0 radical (unpaired) electrons. The third kappa shape index (κ3) is 4.15. The average molecular weight is 666 g/mol. The number of fused-ring (bicyclic) bond motifs is 11. The van der Waals surface area contributed by atoms with Crippen LogP contribution < -0.4 is 4.90 Å². The van der Waals surface area contributed by atoms with E-state index < -0.39 is 0 Å². The van der Waals surface area contributed by atoms with E-state index in [0.29, 0.717) is 0 Å². The molecule has 3 aromatic heterocycles. The topological polar surface area (TPSA) is 26.2 Å². The molecule has 0 unspecified atom stereocenters. The van der Waals surface area contributed by atoms with Crippen molar-refractivity contribution in [3.8, 4) is 11.4 Å². The zero-order chi connectivity index (χ0) is 34.2. The molecule has 3 heterocycles. The molecule has 11 aromatic rings. The highest BCUT2D eigenvalue weighted by Gasteiger charge is 2.23. The Kier molecular flexibility index (Phi) is 6.22. The SMILES string of the molecule is c1ccc(N(c2ccccc2)c2cccc(-n3c4ccccc4c4c5oc6c(ccc7c6c6ccccc6n7-c6ccccc6)c5ccc43)c2)cc1. The highest BCUT2D eigenvalue weighted by molar-refractivity contribution is 6.29. The van der Waals surface area contributed by atoms with Crippen molar-refractivity contribution in [3.05, 3.63) is 188 Å². The van der Waals surface area contributed by atoms with E-state index in [1.54, 1.807) is 0 Å². The summed E-state index contributed by atoms with van der Waals surface area (Å²) >= 11 is 0. The normalized spacial score (nSPS) is 11.8. The van der Waals surface area contributed by atoms with Crippen molar-refractivity contribution in [2.45, 2.75) is 0 Å². The van der Waals surface area contributed by atoms with Crippen LogP contribution in [0.25, 0.3) is 76.9 Å². The average Bonchev–Trinajstić information content (AvgIpc) is 3.87. The van der Waals surface area contributed by atoms with Gasteiger partial charge < -0.3 is 18.5 Å². The Balaban J connectivity index is 1.18. The lowest BCUT2D eigenvalue weighted by atomic mass is 10.1.